The highest BCUT2D eigenvalue weighted by molar-refractivity contribution is 5.89. The van der Waals surface area contributed by atoms with Crippen molar-refractivity contribution in [2.45, 2.75) is 33.1 Å². The van der Waals surface area contributed by atoms with Crippen molar-refractivity contribution in [2.75, 3.05) is 0 Å². The summed E-state index contributed by atoms with van der Waals surface area (Å²) in [7, 11) is 0. The van der Waals surface area contributed by atoms with Crippen molar-refractivity contribution in [2.24, 2.45) is 5.92 Å². The Balaban J connectivity index is 0.000000276. The summed E-state index contributed by atoms with van der Waals surface area (Å²) in [5, 5.41) is 35.7. The van der Waals surface area contributed by atoms with Crippen LogP contribution in [0.5, 0.6) is 0 Å². The number of aliphatic carboxylic acids is 2. The van der Waals surface area contributed by atoms with Gasteiger partial charge in [-0.3, -0.25) is 9.59 Å². The molecule has 0 aliphatic rings. The first-order valence-corrected chi connectivity index (χ1v) is 12.2. The fourth-order valence-electron chi connectivity index (χ4n) is 3.26. The zero-order valence-electron chi connectivity index (χ0n) is 22.1. The maximum Gasteiger partial charge on any atom is 0.352 e. The Morgan fingerprint density at radius 3 is 1.88 bits per heavy atom. The average molecular weight is 554 g/mol. The fraction of sp³-hybridized carbons (Fsp3) is 0.200. The Morgan fingerprint density at radius 2 is 1.43 bits per heavy atom. The van der Waals surface area contributed by atoms with Crippen LogP contribution in [0.15, 0.2) is 85.1 Å². The predicted molar refractivity (Wildman–Crippen MR) is 148 cm³/mol. The van der Waals surface area contributed by atoms with Crippen molar-refractivity contribution in [1.82, 2.24) is 4.98 Å². The molecule has 3 aromatic carbocycles. The lowest BCUT2D eigenvalue weighted by Crippen LogP contribution is -2.08. The van der Waals surface area contributed by atoms with E-state index in [4.69, 9.17) is 20.4 Å². The molecule has 4 rings (SSSR count). The maximum atomic E-state index is 12.5. The SMILES string of the molecule is CCCC(C)C(=O)O.O=C(O)Cc1cccc2ccccc12.O=C(O)c1ccc[nH]1.O=C(O)c1ccccc1F. The third-order valence-electron chi connectivity index (χ3n) is 5.30. The molecule has 0 saturated carbocycles. The molecule has 5 N–H and O–H groups in total. The van der Waals surface area contributed by atoms with Crippen LogP contribution in [0.3, 0.4) is 0 Å². The topological polar surface area (TPSA) is 165 Å². The van der Waals surface area contributed by atoms with Gasteiger partial charge in [0.25, 0.3) is 0 Å². The summed E-state index contributed by atoms with van der Waals surface area (Å²) in [5.41, 5.74) is 0.808. The molecule has 9 nitrogen and oxygen atoms in total. The van der Waals surface area contributed by atoms with Crippen molar-refractivity contribution >= 4 is 34.6 Å². The third kappa shape index (κ3) is 12.0. The van der Waals surface area contributed by atoms with Crippen LogP contribution >= 0.6 is 0 Å². The second-order valence-electron chi connectivity index (χ2n) is 8.41. The van der Waals surface area contributed by atoms with Crippen molar-refractivity contribution in [3.05, 3.63) is 108 Å². The number of hydrogen-bond acceptors (Lipinski definition) is 4. The van der Waals surface area contributed by atoms with Gasteiger partial charge in [-0.05, 0) is 47.0 Å². The molecule has 0 fully saturated rings. The van der Waals surface area contributed by atoms with Gasteiger partial charge in [-0.1, -0.05) is 74.9 Å². The molecule has 0 aliphatic heterocycles. The van der Waals surface area contributed by atoms with Gasteiger partial charge in [0.2, 0.25) is 0 Å². The summed E-state index contributed by atoms with van der Waals surface area (Å²) in [6.45, 7) is 3.71. The van der Waals surface area contributed by atoms with Crippen molar-refractivity contribution in [1.29, 1.82) is 0 Å². The highest BCUT2D eigenvalue weighted by atomic mass is 19.1. The Labute approximate surface area is 230 Å². The van der Waals surface area contributed by atoms with Gasteiger partial charge in [-0.25, -0.2) is 14.0 Å². The van der Waals surface area contributed by atoms with Crippen LogP contribution in [0.2, 0.25) is 0 Å². The van der Waals surface area contributed by atoms with Gasteiger partial charge in [0.15, 0.2) is 0 Å². The van der Waals surface area contributed by atoms with Gasteiger partial charge in [0.05, 0.1) is 17.9 Å². The molecule has 0 amide bonds. The zero-order valence-corrected chi connectivity index (χ0v) is 22.1. The first kappa shape index (κ1) is 33.0. The summed E-state index contributed by atoms with van der Waals surface area (Å²) in [6.07, 6.45) is 3.40. The van der Waals surface area contributed by atoms with Gasteiger partial charge < -0.3 is 25.4 Å². The van der Waals surface area contributed by atoms with E-state index >= 15 is 0 Å². The van der Waals surface area contributed by atoms with Gasteiger partial charge >= 0.3 is 23.9 Å². The van der Waals surface area contributed by atoms with Crippen LogP contribution < -0.4 is 0 Å². The molecule has 0 spiro atoms. The molecule has 40 heavy (non-hydrogen) atoms. The van der Waals surface area contributed by atoms with Gasteiger partial charge in [-0.2, -0.15) is 0 Å². The quantitative estimate of drug-likeness (QED) is 0.180. The first-order chi connectivity index (χ1) is 19.0. The van der Waals surface area contributed by atoms with Gasteiger partial charge in [-0.15, -0.1) is 0 Å². The number of benzene rings is 3. The lowest BCUT2D eigenvalue weighted by atomic mass is 10.0. The molecular formula is C30H32FNO8. The third-order valence-corrected chi connectivity index (χ3v) is 5.30. The number of nitrogens with one attached hydrogen (secondary N) is 1. The molecule has 0 radical (unpaired) electrons. The monoisotopic (exact) mass is 553 g/mol. The lowest BCUT2D eigenvalue weighted by Gasteiger charge is -2.02. The Kier molecular flexibility index (Phi) is 14.5. The van der Waals surface area contributed by atoms with Crippen LogP contribution in [0.4, 0.5) is 4.39 Å². The second kappa shape index (κ2) is 17.5. The Morgan fingerprint density at radius 1 is 0.800 bits per heavy atom. The van der Waals surface area contributed by atoms with Crippen LogP contribution in [0.1, 0.15) is 53.1 Å². The Hall–Kier alpha value is -4.99. The number of carbonyl (C=O) groups is 4. The standard InChI is InChI=1S/C12H10O2.C7H5FO2.C6H12O2.C5H5NO2/c13-12(14)8-10-6-3-5-9-4-1-2-7-11(9)10;8-6-4-2-1-3-5(6)7(9)10;1-3-4-5(2)6(7)8;7-5(8)4-2-1-3-6-4/h1-7H,8H2,(H,13,14);1-4H,(H,9,10);5H,3-4H2,1-2H3,(H,7,8);1-3,6H,(H,7,8). The molecule has 0 aliphatic carbocycles. The molecule has 1 heterocycles. The van der Waals surface area contributed by atoms with E-state index in [1.807, 2.05) is 49.4 Å². The molecular weight excluding hydrogens is 521 g/mol. The number of carboxylic acid groups (broad SMARTS) is 4. The Bertz CT molecular complexity index is 1380. The lowest BCUT2D eigenvalue weighted by molar-refractivity contribution is -0.141. The molecule has 0 saturated heterocycles. The van der Waals surface area contributed by atoms with E-state index in [1.165, 1.54) is 24.3 Å². The summed E-state index contributed by atoms with van der Waals surface area (Å²) >= 11 is 0. The van der Waals surface area contributed by atoms with Gasteiger partial charge in [0, 0.05) is 6.20 Å². The number of fused-ring (bicyclic) bond motifs is 1. The zero-order chi connectivity index (χ0) is 30.1. The van der Waals surface area contributed by atoms with E-state index < -0.39 is 29.7 Å². The highest BCUT2D eigenvalue weighted by Crippen LogP contribution is 2.18. The van der Waals surface area contributed by atoms with Crippen LogP contribution in [-0.2, 0) is 16.0 Å². The van der Waals surface area contributed by atoms with Crippen molar-refractivity contribution in [3.63, 3.8) is 0 Å². The highest BCUT2D eigenvalue weighted by Gasteiger charge is 2.08. The fourth-order valence-corrected chi connectivity index (χ4v) is 3.26. The van der Waals surface area contributed by atoms with E-state index in [2.05, 4.69) is 4.98 Å². The van der Waals surface area contributed by atoms with Crippen LogP contribution in [0, 0.1) is 11.7 Å². The number of rotatable bonds is 7. The van der Waals surface area contributed by atoms with Gasteiger partial charge in [0.1, 0.15) is 11.5 Å². The van der Waals surface area contributed by atoms with Crippen molar-refractivity contribution < 1.29 is 44.0 Å². The van der Waals surface area contributed by atoms with Crippen molar-refractivity contribution in [3.8, 4) is 0 Å². The first-order valence-electron chi connectivity index (χ1n) is 12.2. The minimum absolute atomic E-state index is 0.0847. The smallest absolute Gasteiger partial charge is 0.352 e. The predicted octanol–water partition coefficient (Wildman–Crippen LogP) is 6.21. The van der Waals surface area contributed by atoms with E-state index in [0.29, 0.717) is 0 Å². The minimum Gasteiger partial charge on any atom is -0.481 e. The van der Waals surface area contributed by atoms with E-state index in [-0.39, 0.29) is 23.6 Å². The molecule has 212 valence electrons. The number of halogens is 1. The summed E-state index contributed by atoms with van der Waals surface area (Å²) < 4.78 is 12.5. The van der Waals surface area contributed by atoms with E-state index in [1.54, 1.807) is 19.2 Å². The summed E-state index contributed by atoms with van der Waals surface area (Å²) in [6, 6.07) is 22.0. The van der Waals surface area contributed by atoms with E-state index in [9.17, 15) is 23.6 Å². The maximum absolute atomic E-state index is 12.5. The molecule has 0 bridgehead atoms. The summed E-state index contributed by atoms with van der Waals surface area (Å²) in [4.78, 5) is 43.5. The number of aromatic carboxylic acids is 2. The normalized spacial score (nSPS) is 10.4. The number of aromatic nitrogens is 1. The molecule has 1 unspecified atom stereocenters. The van der Waals surface area contributed by atoms with E-state index in [0.717, 1.165) is 35.2 Å². The largest absolute Gasteiger partial charge is 0.481 e. The average Bonchev–Trinajstić information content (AvgIpc) is 3.46. The minimum atomic E-state index is -1.24. The number of aromatic amines is 1. The number of hydrogen-bond donors (Lipinski definition) is 5. The van der Waals surface area contributed by atoms with Crippen LogP contribution in [-0.4, -0.2) is 49.3 Å². The number of H-pyrrole nitrogens is 1. The molecule has 4 aromatic rings. The summed E-state index contributed by atoms with van der Waals surface area (Å²) in [5.74, 6) is -4.50. The molecule has 1 atom stereocenters. The molecule has 1 aromatic heterocycles. The molecule has 10 heteroatoms. The second-order valence-corrected chi connectivity index (χ2v) is 8.41. The van der Waals surface area contributed by atoms with Crippen LogP contribution in [0.25, 0.3) is 10.8 Å². The number of carboxylic acids is 4.